The highest BCUT2D eigenvalue weighted by molar-refractivity contribution is 5.91. The predicted octanol–water partition coefficient (Wildman–Crippen LogP) is 2.68. The molecule has 1 aromatic rings. The fourth-order valence-corrected chi connectivity index (χ4v) is 3.17. The number of fused-ring (bicyclic) bond motifs is 1. The topological polar surface area (TPSA) is 38.3 Å². The lowest BCUT2D eigenvalue weighted by Gasteiger charge is -2.20. The summed E-state index contributed by atoms with van der Waals surface area (Å²) in [7, 11) is 0. The third kappa shape index (κ3) is 2.81. The molecule has 2 aliphatic rings. The molecule has 102 valence electrons. The Morgan fingerprint density at radius 3 is 3.00 bits per heavy atom. The Bertz CT molecular complexity index is 464. The molecule has 0 atom stereocenters. The van der Waals surface area contributed by atoms with E-state index in [4.69, 9.17) is 4.74 Å². The van der Waals surface area contributed by atoms with Crippen molar-refractivity contribution in [3.63, 3.8) is 0 Å². The molecule has 1 aliphatic heterocycles. The van der Waals surface area contributed by atoms with E-state index in [2.05, 4.69) is 11.4 Å². The quantitative estimate of drug-likeness (QED) is 0.848. The van der Waals surface area contributed by atoms with Gasteiger partial charge >= 0.3 is 5.97 Å². The molecule has 3 rings (SSSR count). The van der Waals surface area contributed by atoms with Gasteiger partial charge in [0.1, 0.15) is 0 Å². The second kappa shape index (κ2) is 5.74. The Hall–Kier alpha value is -1.35. The number of hydrogen-bond acceptors (Lipinski definition) is 3. The van der Waals surface area contributed by atoms with Crippen LogP contribution < -0.4 is 5.32 Å². The molecule has 0 amide bonds. The molecule has 0 spiro atoms. The maximum atomic E-state index is 12.2. The highest BCUT2D eigenvalue weighted by atomic mass is 16.5. The van der Waals surface area contributed by atoms with Gasteiger partial charge in [-0.1, -0.05) is 25.0 Å². The summed E-state index contributed by atoms with van der Waals surface area (Å²) in [6, 6.07) is 5.95. The van der Waals surface area contributed by atoms with Crippen molar-refractivity contribution in [3.8, 4) is 0 Å². The van der Waals surface area contributed by atoms with Crippen LogP contribution in [-0.2, 0) is 17.7 Å². The van der Waals surface area contributed by atoms with E-state index in [1.807, 2.05) is 12.1 Å². The predicted molar refractivity (Wildman–Crippen MR) is 74.1 cm³/mol. The largest absolute Gasteiger partial charge is 0.462 e. The molecule has 1 heterocycles. The summed E-state index contributed by atoms with van der Waals surface area (Å²) < 4.78 is 5.52. The van der Waals surface area contributed by atoms with Gasteiger partial charge in [-0.15, -0.1) is 0 Å². The molecule has 1 fully saturated rings. The van der Waals surface area contributed by atoms with Gasteiger partial charge in [0.25, 0.3) is 0 Å². The van der Waals surface area contributed by atoms with Crippen LogP contribution in [0.2, 0.25) is 0 Å². The maximum absolute atomic E-state index is 12.2. The normalized spacial score (nSPS) is 19.2. The number of rotatable bonds is 3. The van der Waals surface area contributed by atoms with Gasteiger partial charge in [0.2, 0.25) is 0 Å². The van der Waals surface area contributed by atoms with Crippen LogP contribution in [0.1, 0.15) is 47.2 Å². The van der Waals surface area contributed by atoms with Crippen LogP contribution in [0.4, 0.5) is 0 Å². The zero-order chi connectivity index (χ0) is 13.1. The van der Waals surface area contributed by atoms with Gasteiger partial charge in [0, 0.05) is 6.54 Å². The van der Waals surface area contributed by atoms with E-state index in [1.165, 1.54) is 36.8 Å². The molecule has 0 unspecified atom stereocenters. The first-order valence-electron chi connectivity index (χ1n) is 7.33. The minimum absolute atomic E-state index is 0.134. The van der Waals surface area contributed by atoms with Crippen LogP contribution >= 0.6 is 0 Å². The monoisotopic (exact) mass is 259 g/mol. The number of carbonyl (C=O) groups excluding carboxylic acids is 1. The molecule has 1 aromatic carbocycles. The second-order valence-corrected chi connectivity index (χ2v) is 5.62. The average Bonchev–Trinajstić information content (AvgIpc) is 2.97. The van der Waals surface area contributed by atoms with Crippen molar-refractivity contribution >= 4 is 5.97 Å². The summed E-state index contributed by atoms with van der Waals surface area (Å²) in [6.07, 6.45) is 5.92. The summed E-state index contributed by atoms with van der Waals surface area (Å²) in [5.74, 6) is 0.454. The maximum Gasteiger partial charge on any atom is 0.338 e. The first-order valence-corrected chi connectivity index (χ1v) is 7.33. The zero-order valence-corrected chi connectivity index (χ0v) is 11.3. The molecule has 1 aliphatic carbocycles. The van der Waals surface area contributed by atoms with E-state index in [-0.39, 0.29) is 5.97 Å². The SMILES string of the molecule is O=C(OCC1CCCC1)c1cccc2c1CCNC2. The summed E-state index contributed by atoms with van der Waals surface area (Å²) in [4.78, 5) is 12.2. The van der Waals surface area contributed by atoms with Crippen LogP contribution in [0, 0.1) is 5.92 Å². The van der Waals surface area contributed by atoms with Gasteiger partial charge in [-0.25, -0.2) is 4.79 Å². The van der Waals surface area contributed by atoms with Crippen molar-refractivity contribution in [2.75, 3.05) is 13.2 Å². The molecular weight excluding hydrogens is 238 g/mol. The Morgan fingerprint density at radius 1 is 1.32 bits per heavy atom. The highest BCUT2D eigenvalue weighted by Crippen LogP contribution is 2.25. The highest BCUT2D eigenvalue weighted by Gasteiger charge is 2.21. The molecule has 3 heteroatoms. The second-order valence-electron chi connectivity index (χ2n) is 5.62. The van der Waals surface area contributed by atoms with E-state index in [9.17, 15) is 4.79 Å². The third-order valence-corrected chi connectivity index (χ3v) is 4.29. The van der Waals surface area contributed by atoms with E-state index < -0.39 is 0 Å². The van der Waals surface area contributed by atoms with Crippen molar-refractivity contribution in [1.29, 1.82) is 0 Å². The Labute approximate surface area is 114 Å². The van der Waals surface area contributed by atoms with Gasteiger partial charge in [-0.05, 0) is 48.9 Å². The lowest BCUT2D eigenvalue weighted by atomic mass is 9.95. The van der Waals surface area contributed by atoms with E-state index in [0.717, 1.165) is 25.1 Å². The van der Waals surface area contributed by atoms with E-state index >= 15 is 0 Å². The molecule has 0 aromatic heterocycles. The average molecular weight is 259 g/mol. The fraction of sp³-hybridized carbons (Fsp3) is 0.562. The number of carbonyl (C=O) groups is 1. The summed E-state index contributed by atoms with van der Waals surface area (Å²) in [6.45, 7) is 2.40. The number of esters is 1. The molecule has 19 heavy (non-hydrogen) atoms. The molecule has 0 saturated heterocycles. The molecule has 0 bridgehead atoms. The number of hydrogen-bond donors (Lipinski definition) is 1. The lowest BCUT2D eigenvalue weighted by Crippen LogP contribution is -2.26. The number of benzene rings is 1. The van der Waals surface area contributed by atoms with Gasteiger partial charge in [-0.3, -0.25) is 0 Å². The van der Waals surface area contributed by atoms with E-state index in [1.54, 1.807) is 0 Å². The summed E-state index contributed by atoms with van der Waals surface area (Å²) in [5, 5.41) is 3.33. The van der Waals surface area contributed by atoms with Gasteiger partial charge in [0.05, 0.1) is 12.2 Å². The molecule has 1 N–H and O–H groups in total. The van der Waals surface area contributed by atoms with Crippen LogP contribution in [-0.4, -0.2) is 19.1 Å². The molecule has 3 nitrogen and oxygen atoms in total. The van der Waals surface area contributed by atoms with Crippen LogP contribution in [0.3, 0.4) is 0 Å². The van der Waals surface area contributed by atoms with Crippen molar-refractivity contribution in [3.05, 3.63) is 34.9 Å². The fourth-order valence-electron chi connectivity index (χ4n) is 3.17. The minimum Gasteiger partial charge on any atom is -0.462 e. The van der Waals surface area contributed by atoms with Crippen molar-refractivity contribution in [2.45, 2.75) is 38.6 Å². The molecule has 0 radical (unpaired) electrons. The van der Waals surface area contributed by atoms with Gasteiger partial charge in [0.15, 0.2) is 0 Å². The Kier molecular flexibility index (Phi) is 3.83. The van der Waals surface area contributed by atoms with Crippen LogP contribution in [0.25, 0.3) is 0 Å². The third-order valence-electron chi connectivity index (χ3n) is 4.29. The summed E-state index contributed by atoms with van der Waals surface area (Å²) >= 11 is 0. The van der Waals surface area contributed by atoms with Crippen LogP contribution in [0.5, 0.6) is 0 Å². The van der Waals surface area contributed by atoms with Gasteiger partial charge < -0.3 is 10.1 Å². The summed E-state index contributed by atoms with van der Waals surface area (Å²) in [5.41, 5.74) is 3.19. The first-order chi connectivity index (χ1) is 9.34. The standard InChI is InChI=1S/C16H21NO2/c18-16(19-11-12-4-1-2-5-12)15-7-3-6-13-10-17-9-8-14(13)15/h3,6-7,12,17H,1-2,4-5,8-11H2. The van der Waals surface area contributed by atoms with Crippen molar-refractivity contribution in [1.82, 2.24) is 5.32 Å². The van der Waals surface area contributed by atoms with E-state index in [0.29, 0.717) is 12.5 Å². The number of nitrogens with one attached hydrogen (secondary N) is 1. The first kappa shape index (κ1) is 12.7. The molecular formula is C16H21NO2. The number of ether oxygens (including phenoxy) is 1. The van der Waals surface area contributed by atoms with Crippen LogP contribution in [0.15, 0.2) is 18.2 Å². The lowest BCUT2D eigenvalue weighted by molar-refractivity contribution is 0.0441. The van der Waals surface area contributed by atoms with Crippen molar-refractivity contribution in [2.24, 2.45) is 5.92 Å². The Morgan fingerprint density at radius 2 is 2.16 bits per heavy atom. The van der Waals surface area contributed by atoms with Gasteiger partial charge in [-0.2, -0.15) is 0 Å². The minimum atomic E-state index is -0.134. The smallest absolute Gasteiger partial charge is 0.338 e. The Balaban J connectivity index is 1.68. The zero-order valence-electron chi connectivity index (χ0n) is 11.3. The molecule has 1 saturated carbocycles. The van der Waals surface area contributed by atoms with Crippen molar-refractivity contribution < 1.29 is 9.53 Å².